The Bertz CT molecular complexity index is 1160. The number of halogens is 2. The average Bonchev–Trinajstić information content (AvgIpc) is 2.63. The number of fused-ring (bicyclic) bond motifs is 5. The molecule has 1 fully saturated rings. The summed E-state index contributed by atoms with van der Waals surface area (Å²) in [5.41, 5.74) is 2.48. The van der Waals surface area contributed by atoms with E-state index in [0.29, 0.717) is 29.1 Å². The summed E-state index contributed by atoms with van der Waals surface area (Å²) < 4.78 is 3.40. The maximum absolute atomic E-state index is 12.4. The number of pyridine rings is 2. The predicted octanol–water partition coefficient (Wildman–Crippen LogP) is 2.55. The van der Waals surface area contributed by atoms with Gasteiger partial charge >= 0.3 is 0 Å². The van der Waals surface area contributed by atoms with Crippen LogP contribution in [0.15, 0.2) is 52.2 Å². The smallest absolute Gasteiger partial charge is 0.258 e. The number of piperidine rings is 1. The van der Waals surface area contributed by atoms with Gasteiger partial charge in [-0.15, -0.1) is 12.4 Å². The standard InChI is InChI=1S/C20H19ClN4O2.ClH/c21-15-4-5-18-22-16(7-20(27)25(18)11-15)12-23-8-13-6-14(10-23)17-2-1-3-19(26)24(17)9-13;/h1-5,7,11,13-14H,6,8-10,12H2;1H/t13-,14+;/m1./s1. The molecule has 0 radical (unpaired) electrons. The molecular formula is C20H20Cl2N4O2. The van der Waals surface area contributed by atoms with Crippen molar-refractivity contribution in [1.29, 1.82) is 0 Å². The van der Waals surface area contributed by atoms with Crippen molar-refractivity contribution in [1.82, 2.24) is 18.9 Å². The molecule has 2 bridgehead atoms. The van der Waals surface area contributed by atoms with Gasteiger partial charge in [0.15, 0.2) is 0 Å². The fourth-order valence-electron chi connectivity index (χ4n) is 4.56. The summed E-state index contributed by atoms with van der Waals surface area (Å²) in [4.78, 5) is 31.5. The first-order valence-corrected chi connectivity index (χ1v) is 9.54. The van der Waals surface area contributed by atoms with Crippen LogP contribution < -0.4 is 11.1 Å². The van der Waals surface area contributed by atoms with Crippen LogP contribution in [0.2, 0.25) is 5.02 Å². The van der Waals surface area contributed by atoms with Gasteiger partial charge in [0.2, 0.25) is 0 Å². The number of rotatable bonds is 2. The van der Waals surface area contributed by atoms with Crippen LogP contribution in [-0.4, -0.2) is 31.9 Å². The summed E-state index contributed by atoms with van der Waals surface area (Å²) in [5, 5.41) is 0.511. The second kappa shape index (κ2) is 7.35. The number of hydrogen-bond donors (Lipinski definition) is 0. The Labute approximate surface area is 172 Å². The van der Waals surface area contributed by atoms with Crippen molar-refractivity contribution >= 4 is 29.7 Å². The lowest BCUT2D eigenvalue weighted by atomic mass is 9.83. The van der Waals surface area contributed by atoms with Crippen molar-refractivity contribution in [2.45, 2.75) is 25.4 Å². The van der Waals surface area contributed by atoms with Crippen molar-refractivity contribution in [2.75, 3.05) is 13.1 Å². The summed E-state index contributed by atoms with van der Waals surface area (Å²) in [6, 6.07) is 10.7. The lowest BCUT2D eigenvalue weighted by Gasteiger charge is -2.42. The van der Waals surface area contributed by atoms with Crippen molar-refractivity contribution in [3.05, 3.63) is 79.7 Å². The highest BCUT2D eigenvalue weighted by molar-refractivity contribution is 6.30. The monoisotopic (exact) mass is 418 g/mol. The van der Waals surface area contributed by atoms with Crippen LogP contribution in [0, 0.1) is 5.92 Å². The van der Waals surface area contributed by atoms with Crippen molar-refractivity contribution in [2.24, 2.45) is 5.92 Å². The van der Waals surface area contributed by atoms with E-state index in [2.05, 4.69) is 16.0 Å². The zero-order valence-corrected chi connectivity index (χ0v) is 16.7. The molecule has 28 heavy (non-hydrogen) atoms. The first kappa shape index (κ1) is 19.2. The van der Waals surface area contributed by atoms with Gasteiger partial charge in [0.05, 0.1) is 10.7 Å². The van der Waals surface area contributed by atoms with Crippen LogP contribution in [-0.2, 0) is 13.1 Å². The number of hydrogen-bond acceptors (Lipinski definition) is 4. The quantitative estimate of drug-likeness (QED) is 0.641. The Morgan fingerprint density at radius 3 is 2.79 bits per heavy atom. The molecule has 2 aliphatic heterocycles. The van der Waals surface area contributed by atoms with E-state index in [9.17, 15) is 9.59 Å². The fourth-order valence-corrected chi connectivity index (χ4v) is 4.72. The zero-order chi connectivity index (χ0) is 18.5. The minimum atomic E-state index is -0.119. The van der Waals surface area contributed by atoms with E-state index < -0.39 is 0 Å². The second-order valence-corrected chi connectivity index (χ2v) is 7.99. The molecule has 0 saturated carbocycles. The fraction of sp³-hybridized carbons (Fsp3) is 0.350. The van der Waals surface area contributed by atoms with Gasteiger partial charge in [0, 0.05) is 56.1 Å². The van der Waals surface area contributed by atoms with E-state index in [-0.39, 0.29) is 23.5 Å². The van der Waals surface area contributed by atoms with Crippen LogP contribution in [0.4, 0.5) is 0 Å². The topological polar surface area (TPSA) is 59.6 Å². The molecule has 0 unspecified atom stereocenters. The molecule has 0 N–H and O–H groups in total. The number of likely N-dealkylation sites (tertiary alicyclic amines) is 1. The molecule has 3 aromatic heterocycles. The summed E-state index contributed by atoms with van der Waals surface area (Å²) in [6.07, 6.45) is 2.71. The molecule has 0 spiro atoms. The Balaban J connectivity index is 0.00000192. The van der Waals surface area contributed by atoms with Crippen LogP contribution in [0.25, 0.3) is 5.65 Å². The van der Waals surface area contributed by atoms with Crippen molar-refractivity contribution in [3.8, 4) is 0 Å². The molecule has 3 aromatic rings. The molecule has 0 aromatic carbocycles. The highest BCUT2D eigenvalue weighted by Crippen LogP contribution is 2.35. The molecule has 8 heteroatoms. The Kier molecular flexibility index (Phi) is 5.04. The van der Waals surface area contributed by atoms with Gasteiger partial charge < -0.3 is 4.57 Å². The van der Waals surface area contributed by atoms with Gasteiger partial charge in [-0.2, -0.15) is 0 Å². The molecule has 0 amide bonds. The van der Waals surface area contributed by atoms with E-state index in [0.717, 1.165) is 37.4 Å². The molecule has 0 aliphatic carbocycles. The van der Waals surface area contributed by atoms with Gasteiger partial charge in [-0.25, -0.2) is 4.98 Å². The predicted molar refractivity (Wildman–Crippen MR) is 111 cm³/mol. The van der Waals surface area contributed by atoms with Crippen LogP contribution >= 0.6 is 24.0 Å². The Morgan fingerprint density at radius 2 is 1.93 bits per heavy atom. The van der Waals surface area contributed by atoms with Crippen LogP contribution in [0.3, 0.4) is 0 Å². The summed E-state index contributed by atoms with van der Waals surface area (Å²) in [6.45, 7) is 3.20. The minimum absolute atomic E-state index is 0. The third-order valence-electron chi connectivity index (χ3n) is 5.62. The van der Waals surface area contributed by atoms with E-state index in [1.807, 2.05) is 10.6 Å². The molecule has 5 heterocycles. The Hall–Kier alpha value is -2.15. The molecule has 1 saturated heterocycles. The first-order chi connectivity index (χ1) is 13.1. The lowest BCUT2D eigenvalue weighted by molar-refractivity contribution is 0.113. The SMILES string of the molecule is Cl.O=c1cccc2n1C[C@@H]1C[C@H]2CN(Cc2cc(=O)n3cc(Cl)ccc3n2)C1. The zero-order valence-electron chi connectivity index (χ0n) is 15.1. The third kappa shape index (κ3) is 3.36. The molecule has 6 nitrogen and oxygen atoms in total. The summed E-state index contributed by atoms with van der Waals surface area (Å²) in [5.74, 6) is 0.809. The van der Waals surface area contributed by atoms with E-state index in [1.54, 1.807) is 30.5 Å². The molecule has 5 rings (SSSR count). The highest BCUT2D eigenvalue weighted by atomic mass is 35.5. The van der Waals surface area contributed by atoms with Gasteiger partial charge in [-0.05, 0) is 30.5 Å². The average molecular weight is 419 g/mol. The summed E-state index contributed by atoms with van der Waals surface area (Å²) >= 11 is 5.97. The number of nitrogens with zero attached hydrogens (tertiary/aromatic N) is 4. The lowest BCUT2D eigenvalue weighted by Crippen LogP contribution is -2.46. The molecule has 146 valence electrons. The molecule has 2 atom stereocenters. The molecular weight excluding hydrogens is 399 g/mol. The molecule has 2 aliphatic rings. The van der Waals surface area contributed by atoms with E-state index in [4.69, 9.17) is 11.6 Å². The highest BCUT2D eigenvalue weighted by Gasteiger charge is 2.34. The minimum Gasteiger partial charge on any atom is -0.312 e. The third-order valence-corrected chi connectivity index (χ3v) is 5.84. The maximum atomic E-state index is 12.4. The van der Waals surface area contributed by atoms with Crippen molar-refractivity contribution < 1.29 is 0 Å². The van der Waals surface area contributed by atoms with Crippen molar-refractivity contribution in [3.63, 3.8) is 0 Å². The van der Waals surface area contributed by atoms with Crippen LogP contribution in [0.1, 0.15) is 23.7 Å². The van der Waals surface area contributed by atoms with E-state index >= 15 is 0 Å². The van der Waals surface area contributed by atoms with Gasteiger partial charge in [-0.1, -0.05) is 17.7 Å². The number of aromatic nitrogens is 3. The van der Waals surface area contributed by atoms with Crippen LogP contribution in [0.5, 0.6) is 0 Å². The Morgan fingerprint density at radius 1 is 1.07 bits per heavy atom. The van der Waals surface area contributed by atoms with E-state index in [1.165, 1.54) is 4.40 Å². The second-order valence-electron chi connectivity index (χ2n) is 7.55. The van der Waals surface area contributed by atoms with Gasteiger partial charge in [0.1, 0.15) is 5.65 Å². The first-order valence-electron chi connectivity index (χ1n) is 9.17. The normalized spacial score (nSPS) is 21.2. The summed E-state index contributed by atoms with van der Waals surface area (Å²) in [7, 11) is 0. The van der Waals surface area contributed by atoms with Gasteiger partial charge in [-0.3, -0.25) is 18.9 Å². The maximum Gasteiger partial charge on any atom is 0.258 e. The van der Waals surface area contributed by atoms with Gasteiger partial charge in [0.25, 0.3) is 11.1 Å². The largest absolute Gasteiger partial charge is 0.312 e.